The zero-order valence-electron chi connectivity index (χ0n) is 12.3. The van der Waals surface area contributed by atoms with Crippen LogP contribution in [0.2, 0.25) is 0 Å². The van der Waals surface area contributed by atoms with Gasteiger partial charge in [-0.2, -0.15) is 0 Å². The molecule has 2 aromatic rings. The summed E-state index contributed by atoms with van der Waals surface area (Å²) in [4.78, 5) is 23.1. The summed E-state index contributed by atoms with van der Waals surface area (Å²) >= 11 is 1.45. The quantitative estimate of drug-likeness (QED) is 0.367. The zero-order valence-corrected chi connectivity index (χ0v) is 13.1. The van der Waals surface area contributed by atoms with Crippen molar-refractivity contribution in [1.29, 1.82) is 0 Å². The van der Waals surface area contributed by atoms with Crippen molar-refractivity contribution in [2.24, 2.45) is 0 Å². The van der Waals surface area contributed by atoms with Crippen molar-refractivity contribution in [3.8, 4) is 0 Å². The number of thioether (sulfide) groups is 1. The van der Waals surface area contributed by atoms with Crippen LogP contribution >= 0.6 is 11.8 Å². The molecule has 0 aliphatic heterocycles. The number of benzene rings is 1. The molecule has 0 radical (unpaired) electrons. The molecule has 0 bridgehead atoms. The predicted octanol–water partition coefficient (Wildman–Crippen LogP) is 2.98. The summed E-state index contributed by atoms with van der Waals surface area (Å²) in [6.07, 6.45) is 5.38. The van der Waals surface area contributed by atoms with Crippen LogP contribution in [0, 0.1) is 0 Å². The highest BCUT2D eigenvalue weighted by molar-refractivity contribution is 7.98. The van der Waals surface area contributed by atoms with Crippen LogP contribution in [0.4, 0.5) is 0 Å². The SMILES string of the molecule is CSc1nccc(C(=CN(C)C)C(=O)c2ccccc2)n1. The third-order valence-electron chi connectivity index (χ3n) is 2.76. The van der Waals surface area contributed by atoms with Crippen LogP contribution in [-0.2, 0) is 0 Å². The molecule has 5 heteroatoms. The minimum absolute atomic E-state index is 0.0462. The molecular formula is C16H17N3OS. The Balaban J connectivity index is 2.46. The monoisotopic (exact) mass is 299 g/mol. The summed E-state index contributed by atoms with van der Waals surface area (Å²) < 4.78 is 0. The first kappa shape index (κ1) is 15.3. The molecule has 0 spiro atoms. The number of hydrogen-bond donors (Lipinski definition) is 0. The number of carbonyl (C=O) groups is 1. The zero-order chi connectivity index (χ0) is 15.2. The van der Waals surface area contributed by atoms with E-state index in [9.17, 15) is 4.79 Å². The van der Waals surface area contributed by atoms with Gasteiger partial charge in [0.25, 0.3) is 0 Å². The number of Topliss-reactive ketones (excluding diaryl/α,β-unsaturated/α-hetero) is 1. The number of nitrogens with zero attached hydrogens (tertiary/aromatic N) is 3. The van der Waals surface area contributed by atoms with Crippen molar-refractivity contribution >= 4 is 23.1 Å². The van der Waals surface area contributed by atoms with Crippen LogP contribution in [0.5, 0.6) is 0 Å². The van der Waals surface area contributed by atoms with E-state index in [0.717, 1.165) is 0 Å². The van der Waals surface area contributed by atoms with E-state index in [1.54, 1.807) is 18.5 Å². The van der Waals surface area contributed by atoms with Gasteiger partial charge in [0.15, 0.2) is 10.9 Å². The number of aromatic nitrogens is 2. The second kappa shape index (κ2) is 7.04. The van der Waals surface area contributed by atoms with E-state index in [4.69, 9.17) is 0 Å². The van der Waals surface area contributed by atoms with Gasteiger partial charge in [-0.3, -0.25) is 4.79 Å². The molecule has 1 aromatic heterocycles. The standard InChI is InChI=1S/C16H17N3OS/c1-19(2)11-13(14-9-10-17-16(18-14)21-3)15(20)12-7-5-4-6-8-12/h4-11H,1-3H3. The molecule has 21 heavy (non-hydrogen) atoms. The third-order valence-corrected chi connectivity index (χ3v) is 3.32. The van der Waals surface area contributed by atoms with Crippen molar-refractivity contribution in [3.05, 3.63) is 60.1 Å². The second-order valence-corrected chi connectivity index (χ2v) is 5.40. The van der Waals surface area contributed by atoms with Gasteiger partial charge >= 0.3 is 0 Å². The van der Waals surface area contributed by atoms with Crippen molar-refractivity contribution in [2.45, 2.75) is 5.16 Å². The van der Waals surface area contributed by atoms with E-state index >= 15 is 0 Å². The molecule has 0 saturated heterocycles. The lowest BCUT2D eigenvalue weighted by atomic mass is 10.0. The molecule has 0 aliphatic rings. The van der Waals surface area contributed by atoms with Gasteiger partial charge in [0.1, 0.15) is 0 Å². The molecule has 0 fully saturated rings. The molecule has 0 atom stereocenters. The van der Waals surface area contributed by atoms with E-state index in [2.05, 4.69) is 9.97 Å². The number of allylic oxidation sites excluding steroid dienone is 1. The highest BCUT2D eigenvalue weighted by atomic mass is 32.2. The fourth-order valence-electron chi connectivity index (χ4n) is 1.83. The first-order valence-corrected chi connectivity index (χ1v) is 7.69. The Bertz CT molecular complexity index is 654. The molecule has 1 aromatic carbocycles. The maximum absolute atomic E-state index is 12.7. The lowest BCUT2D eigenvalue weighted by molar-refractivity contribution is 0.105. The smallest absolute Gasteiger partial charge is 0.196 e. The van der Waals surface area contributed by atoms with E-state index < -0.39 is 0 Å². The third kappa shape index (κ3) is 3.92. The second-order valence-electron chi connectivity index (χ2n) is 4.63. The Hall–Kier alpha value is -2.14. The lowest BCUT2D eigenvalue weighted by Gasteiger charge is -2.11. The minimum atomic E-state index is -0.0462. The van der Waals surface area contributed by atoms with Gasteiger partial charge in [0, 0.05) is 32.1 Å². The van der Waals surface area contributed by atoms with E-state index in [1.165, 1.54) is 11.8 Å². The summed E-state index contributed by atoms with van der Waals surface area (Å²) in [7, 11) is 3.77. The van der Waals surface area contributed by atoms with Crippen LogP contribution in [0.15, 0.2) is 54.0 Å². The van der Waals surface area contributed by atoms with Crippen LogP contribution in [0.3, 0.4) is 0 Å². The van der Waals surface area contributed by atoms with Gasteiger partial charge < -0.3 is 4.90 Å². The molecule has 1 heterocycles. The summed E-state index contributed by atoms with van der Waals surface area (Å²) in [5.74, 6) is -0.0462. The first-order valence-electron chi connectivity index (χ1n) is 6.47. The predicted molar refractivity (Wildman–Crippen MR) is 86.2 cm³/mol. The summed E-state index contributed by atoms with van der Waals surface area (Å²) in [6.45, 7) is 0. The van der Waals surface area contributed by atoms with E-state index in [0.29, 0.717) is 22.0 Å². The number of ketones is 1. The van der Waals surface area contributed by atoms with Crippen LogP contribution < -0.4 is 0 Å². The van der Waals surface area contributed by atoms with Crippen LogP contribution in [0.1, 0.15) is 16.1 Å². The molecule has 0 unspecified atom stereocenters. The fourth-order valence-corrected chi connectivity index (χ4v) is 2.19. The van der Waals surface area contributed by atoms with Crippen molar-refractivity contribution in [3.63, 3.8) is 0 Å². The highest BCUT2D eigenvalue weighted by Crippen LogP contribution is 2.20. The molecule has 108 valence electrons. The molecule has 4 nitrogen and oxygen atoms in total. The molecule has 0 aliphatic carbocycles. The topological polar surface area (TPSA) is 46.1 Å². The minimum Gasteiger partial charge on any atom is -0.383 e. The maximum atomic E-state index is 12.7. The summed E-state index contributed by atoms with van der Waals surface area (Å²) in [6, 6.07) is 11.0. The van der Waals surface area contributed by atoms with E-state index in [-0.39, 0.29) is 5.78 Å². The van der Waals surface area contributed by atoms with Crippen molar-refractivity contribution in [2.75, 3.05) is 20.4 Å². The molecule has 0 amide bonds. The van der Waals surface area contributed by atoms with Gasteiger partial charge in [-0.05, 0) is 12.3 Å². The van der Waals surface area contributed by atoms with Crippen LogP contribution in [0.25, 0.3) is 5.57 Å². The van der Waals surface area contributed by atoms with Gasteiger partial charge in [-0.1, -0.05) is 42.1 Å². The average Bonchev–Trinajstić information content (AvgIpc) is 2.52. The molecule has 2 rings (SSSR count). The summed E-state index contributed by atoms with van der Waals surface area (Å²) in [5, 5.41) is 0.651. The van der Waals surface area contributed by atoms with Crippen molar-refractivity contribution in [1.82, 2.24) is 14.9 Å². The van der Waals surface area contributed by atoms with Gasteiger partial charge in [0.05, 0.1) is 11.3 Å². The fraction of sp³-hybridized carbons (Fsp3) is 0.188. The molecule has 0 N–H and O–H groups in total. The van der Waals surface area contributed by atoms with Gasteiger partial charge in [0.2, 0.25) is 0 Å². The van der Waals surface area contributed by atoms with E-state index in [1.807, 2.05) is 55.6 Å². The Morgan fingerprint density at radius 2 is 1.90 bits per heavy atom. The van der Waals surface area contributed by atoms with Crippen LogP contribution in [-0.4, -0.2) is 41.0 Å². The molecular weight excluding hydrogens is 282 g/mol. The maximum Gasteiger partial charge on any atom is 0.196 e. The van der Waals surface area contributed by atoms with Gasteiger partial charge in [-0.15, -0.1) is 0 Å². The highest BCUT2D eigenvalue weighted by Gasteiger charge is 2.16. The first-order chi connectivity index (χ1) is 10.1. The van der Waals surface area contributed by atoms with Gasteiger partial charge in [-0.25, -0.2) is 9.97 Å². The Labute approximate surface area is 128 Å². The number of hydrogen-bond acceptors (Lipinski definition) is 5. The normalized spacial score (nSPS) is 11.3. The lowest BCUT2D eigenvalue weighted by Crippen LogP contribution is -2.10. The Kier molecular flexibility index (Phi) is 5.11. The molecule has 0 saturated carbocycles. The summed E-state index contributed by atoms with van der Waals surface area (Å²) in [5.41, 5.74) is 1.84. The number of carbonyl (C=O) groups excluding carboxylic acids is 1. The average molecular weight is 299 g/mol. The largest absolute Gasteiger partial charge is 0.383 e. The Morgan fingerprint density at radius 1 is 1.19 bits per heavy atom. The number of rotatable bonds is 5. The van der Waals surface area contributed by atoms with Crippen molar-refractivity contribution < 1.29 is 4.79 Å². The Morgan fingerprint density at radius 3 is 2.52 bits per heavy atom.